The smallest absolute Gasteiger partial charge is 0.222 e. The molecule has 0 aliphatic heterocycles. The molecule has 0 atom stereocenters. The lowest BCUT2D eigenvalue weighted by Crippen LogP contribution is -2.36. The van der Waals surface area contributed by atoms with E-state index in [1.54, 1.807) is 0 Å². The maximum absolute atomic E-state index is 11.6. The van der Waals surface area contributed by atoms with Crippen molar-refractivity contribution in [3.05, 3.63) is 0 Å². The Bertz CT molecular complexity index is 215. The largest absolute Gasteiger partial charge is 0.395 e. The molecule has 6 nitrogen and oxygen atoms in total. The summed E-state index contributed by atoms with van der Waals surface area (Å²) in [5, 5.41) is 20.0. The van der Waals surface area contributed by atoms with Crippen LogP contribution in [0.4, 0.5) is 0 Å². The van der Waals surface area contributed by atoms with Crippen molar-refractivity contribution in [3.8, 4) is 0 Å². The lowest BCUT2D eigenvalue weighted by Gasteiger charge is -2.20. The minimum atomic E-state index is -0.117. The summed E-state index contributed by atoms with van der Waals surface area (Å²) < 4.78 is 0. The number of nitrogens with one attached hydrogen (secondary N) is 1. The molecule has 0 spiro atoms. The number of aliphatic hydroxyl groups excluding tert-OH is 2. The van der Waals surface area contributed by atoms with Gasteiger partial charge in [0.2, 0.25) is 11.8 Å². The molecule has 0 saturated carbocycles. The van der Waals surface area contributed by atoms with Crippen LogP contribution in [0.5, 0.6) is 0 Å². The molecule has 16 heavy (non-hydrogen) atoms. The molecule has 0 aromatic rings. The van der Waals surface area contributed by atoms with Crippen LogP contribution in [-0.4, -0.2) is 59.8 Å². The van der Waals surface area contributed by atoms with Gasteiger partial charge in [0.25, 0.3) is 0 Å². The Morgan fingerprint density at radius 2 is 1.75 bits per heavy atom. The molecule has 0 rings (SSSR count). The first-order valence-corrected chi connectivity index (χ1v) is 5.35. The highest BCUT2D eigenvalue weighted by Crippen LogP contribution is 1.97. The molecule has 3 N–H and O–H groups in total. The van der Waals surface area contributed by atoms with Crippen LogP contribution in [0.15, 0.2) is 0 Å². The number of aliphatic hydroxyl groups is 2. The molecule has 0 saturated heterocycles. The quantitative estimate of drug-likeness (QED) is 0.454. The molecular formula is C10H20N2O4. The maximum atomic E-state index is 11.6. The fourth-order valence-corrected chi connectivity index (χ4v) is 1.26. The van der Waals surface area contributed by atoms with E-state index in [1.807, 2.05) is 0 Å². The van der Waals surface area contributed by atoms with Gasteiger partial charge in [0.1, 0.15) is 0 Å². The summed E-state index contributed by atoms with van der Waals surface area (Å²) in [5.74, 6) is -0.233. The van der Waals surface area contributed by atoms with Gasteiger partial charge >= 0.3 is 0 Å². The highest BCUT2D eigenvalue weighted by atomic mass is 16.3. The second-order valence-corrected chi connectivity index (χ2v) is 3.41. The fourth-order valence-electron chi connectivity index (χ4n) is 1.26. The fraction of sp³-hybridized carbons (Fsp3) is 0.800. The summed E-state index contributed by atoms with van der Waals surface area (Å²) in [6, 6.07) is 0. The van der Waals surface area contributed by atoms with E-state index >= 15 is 0 Å². The van der Waals surface area contributed by atoms with Crippen LogP contribution in [-0.2, 0) is 9.59 Å². The summed E-state index contributed by atoms with van der Waals surface area (Å²) >= 11 is 0. The van der Waals surface area contributed by atoms with Crippen LogP contribution < -0.4 is 5.32 Å². The van der Waals surface area contributed by atoms with Gasteiger partial charge in [-0.3, -0.25) is 9.59 Å². The van der Waals surface area contributed by atoms with Gasteiger partial charge in [-0.05, 0) is 6.42 Å². The predicted molar refractivity (Wildman–Crippen MR) is 58.7 cm³/mol. The van der Waals surface area contributed by atoms with Crippen LogP contribution in [0.2, 0.25) is 0 Å². The zero-order valence-corrected chi connectivity index (χ0v) is 9.61. The zero-order valence-electron chi connectivity index (χ0n) is 9.61. The number of carbonyl (C=O) groups is 2. The number of carbonyl (C=O) groups excluding carboxylic acids is 2. The monoisotopic (exact) mass is 232 g/mol. The van der Waals surface area contributed by atoms with Crippen molar-refractivity contribution in [3.63, 3.8) is 0 Å². The molecule has 0 aliphatic carbocycles. The maximum Gasteiger partial charge on any atom is 0.222 e. The highest BCUT2D eigenvalue weighted by molar-refractivity contribution is 5.76. The van der Waals surface area contributed by atoms with E-state index in [1.165, 1.54) is 11.8 Å². The molecular weight excluding hydrogens is 212 g/mol. The van der Waals surface area contributed by atoms with E-state index in [9.17, 15) is 9.59 Å². The second kappa shape index (κ2) is 9.11. The van der Waals surface area contributed by atoms with E-state index in [2.05, 4.69) is 5.32 Å². The molecule has 0 unspecified atom stereocenters. The Morgan fingerprint density at radius 3 is 2.19 bits per heavy atom. The third-order valence-electron chi connectivity index (χ3n) is 2.03. The molecule has 0 fully saturated rings. The topological polar surface area (TPSA) is 89.9 Å². The predicted octanol–water partition coefficient (Wildman–Crippen LogP) is -1.28. The molecule has 0 heterocycles. The number of nitrogens with zero attached hydrogens (tertiary/aromatic N) is 1. The van der Waals surface area contributed by atoms with Crippen LogP contribution in [0.25, 0.3) is 0 Å². The number of hydrogen-bond donors (Lipinski definition) is 3. The first kappa shape index (κ1) is 14.9. The second-order valence-electron chi connectivity index (χ2n) is 3.41. The first-order valence-electron chi connectivity index (χ1n) is 5.35. The molecule has 0 aliphatic rings. The van der Waals surface area contributed by atoms with Crippen molar-refractivity contribution in [2.24, 2.45) is 0 Å². The van der Waals surface area contributed by atoms with Crippen LogP contribution in [0, 0.1) is 0 Å². The highest BCUT2D eigenvalue weighted by Gasteiger charge is 2.11. The first-order chi connectivity index (χ1) is 7.61. The molecule has 6 heteroatoms. The third kappa shape index (κ3) is 7.19. The van der Waals surface area contributed by atoms with Gasteiger partial charge in [0.15, 0.2) is 0 Å². The zero-order chi connectivity index (χ0) is 12.4. The number of rotatable bonds is 8. The molecule has 0 bridgehead atoms. The normalized spacial score (nSPS) is 9.94. The van der Waals surface area contributed by atoms with Gasteiger partial charge in [-0.15, -0.1) is 0 Å². The van der Waals surface area contributed by atoms with Crippen molar-refractivity contribution < 1.29 is 19.8 Å². The summed E-state index contributed by atoms with van der Waals surface area (Å²) in [6.45, 7) is 2.13. The Morgan fingerprint density at radius 1 is 1.19 bits per heavy atom. The van der Waals surface area contributed by atoms with Crippen LogP contribution in [0.1, 0.15) is 19.8 Å². The van der Waals surface area contributed by atoms with E-state index < -0.39 is 0 Å². The van der Waals surface area contributed by atoms with Crippen molar-refractivity contribution in [1.82, 2.24) is 10.2 Å². The molecule has 94 valence electrons. The van der Waals surface area contributed by atoms with E-state index in [4.69, 9.17) is 10.2 Å². The van der Waals surface area contributed by atoms with Gasteiger partial charge in [0, 0.05) is 33.0 Å². The Hall–Kier alpha value is -1.14. The minimum absolute atomic E-state index is 0.114. The summed E-state index contributed by atoms with van der Waals surface area (Å²) in [6.07, 6.45) is 0.867. The molecule has 2 amide bonds. The van der Waals surface area contributed by atoms with Gasteiger partial charge in [0.05, 0.1) is 13.2 Å². The third-order valence-corrected chi connectivity index (χ3v) is 2.03. The SMILES string of the molecule is CC(=O)NCCCC(=O)N(CCO)CCO. The number of hydrogen-bond acceptors (Lipinski definition) is 4. The van der Waals surface area contributed by atoms with Crippen molar-refractivity contribution in [2.45, 2.75) is 19.8 Å². The standard InChI is InChI=1S/C10H20N2O4/c1-9(15)11-4-2-3-10(16)12(5-7-13)6-8-14/h13-14H,2-8H2,1H3,(H,11,15). The average Bonchev–Trinajstić information content (AvgIpc) is 2.23. The summed E-state index contributed by atoms with van der Waals surface area (Å²) in [7, 11) is 0. The van der Waals surface area contributed by atoms with E-state index in [-0.39, 0.29) is 38.1 Å². The number of amides is 2. The Balaban J connectivity index is 3.77. The average molecular weight is 232 g/mol. The van der Waals surface area contributed by atoms with Crippen molar-refractivity contribution in [1.29, 1.82) is 0 Å². The summed E-state index contributed by atoms with van der Waals surface area (Å²) in [5.41, 5.74) is 0. The molecule has 0 aromatic carbocycles. The van der Waals surface area contributed by atoms with Gasteiger partial charge in [-0.25, -0.2) is 0 Å². The van der Waals surface area contributed by atoms with Crippen LogP contribution in [0.3, 0.4) is 0 Å². The lowest BCUT2D eigenvalue weighted by atomic mass is 10.2. The Kier molecular flexibility index (Phi) is 8.46. The van der Waals surface area contributed by atoms with Gasteiger partial charge in [-0.2, -0.15) is 0 Å². The van der Waals surface area contributed by atoms with E-state index in [0.29, 0.717) is 19.4 Å². The van der Waals surface area contributed by atoms with E-state index in [0.717, 1.165) is 0 Å². The van der Waals surface area contributed by atoms with Crippen molar-refractivity contribution >= 4 is 11.8 Å². The summed E-state index contributed by atoms with van der Waals surface area (Å²) in [4.78, 5) is 23.5. The van der Waals surface area contributed by atoms with Crippen LogP contribution >= 0.6 is 0 Å². The molecule has 0 radical (unpaired) electrons. The molecule has 0 aromatic heterocycles. The lowest BCUT2D eigenvalue weighted by molar-refractivity contribution is -0.132. The van der Waals surface area contributed by atoms with Gasteiger partial charge < -0.3 is 20.4 Å². The minimum Gasteiger partial charge on any atom is -0.395 e. The van der Waals surface area contributed by atoms with Crippen molar-refractivity contribution in [2.75, 3.05) is 32.8 Å². The van der Waals surface area contributed by atoms with Gasteiger partial charge in [-0.1, -0.05) is 0 Å². The Labute approximate surface area is 95.2 Å².